The first-order valence-corrected chi connectivity index (χ1v) is 7.10. The van der Waals surface area contributed by atoms with Crippen LogP contribution in [-0.2, 0) is 4.79 Å². The number of anilines is 1. The molecule has 24 heavy (non-hydrogen) atoms. The number of alkyl halides is 2. The minimum atomic E-state index is -2.75. The lowest BCUT2D eigenvalue weighted by atomic mass is 9.99. The normalized spacial score (nSPS) is 11.2. The summed E-state index contributed by atoms with van der Waals surface area (Å²) in [4.78, 5) is 22.6. The van der Waals surface area contributed by atoms with Crippen molar-refractivity contribution in [1.29, 1.82) is 0 Å². The second-order valence-corrected chi connectivity index (χ2v) is 5.70. The number of carboxylic acid groups (broad SMARTS) is 1. The second kappa shape index (κ2) is 8.42. The molecule has 3 N–H and O–H groups in total. The lowest BCUT2D eigenvalue weighted by Gasteiger charge is -2.26. The van der Waals surface area contributed by atoms with Crippen LogP contribution < -0.4 is 15.4 Å². The van der Waals surface area contributed by atoms with Crippen LogP contribution in [0.2, 0.25) is 0 Å². The van der Waals surface area contributed by atoms with Gasteiger partial charge >= 0.3 is 12.0 Å². The van der Waals surface area contributed by atoms with E-state index in [0.717, 1.165) is 12.1 Å². The Balaban J connectivity index is 2.73. The lowest BCUT2D eigenvalue weighted by Crippen LogP contribution is -2.45. The summed E-state index contributed by atoms with van der Waals surface area (Å²) in [7, 11) is 0. The quantitative estimate of drug-likeness (QED) is 0.673. The number of amides is 2. The fourth-order valence-electron chi connectivity index (χ4n) is 1.81. The summed E-state index contributed by atoms with van der Waals surface area (Å²) in [6, 6.07) is 2.41. The lowest BCUT2D eigenvalue weighted by molar-refractivity contribution is -0.137. The summed E-state index contributed by atoms with van der Waals surface area (Å²) in [6.07, 6.45) is -2.69. The Hall–Kier alpha value is -2.45. The van der Waals surface area contributed by atoms with E-state index >= 15 is 0 Å². The van der Waals surface area contributed by atoms with Crippen molar-refractivity contribution in [2.24, 2.45) is 0 Å². The van der Waals surface area contributed by atoms with Gasteiger partial charge in [0.1, 0.15) is 18.2 Å². The van der Waals surface area contributed by atoms with Gasteiger partial charge in [0.15, 0.2) is 0 Å². The Kier molecular flexibility index (Phi) is 6.87. The number of aliphatic carboxylic acids is 1. The molecule has 0 aliphatic carbocycles. The molecule has 1 aromatic carbocycles. The van der Waals surface area contributed by atoms with Crippen molar-refractivity contribution < 1.29 is 32.6 Å². The molecule has 0 unspecified atom stereocenters. The second-order valence-electron chi connectivity index (χ2n) is 5.70. The summed E-state index contributed by atoms with van der Waals surface area (Å²) in [5, 5.41) is 13.6. The zero-order valence-electron chi connectivity index (χ0n) is 13.2. The highest BCUT2D eigenvalue weighted by atomic mass is 19.3. The van der Waals surface area contributed by atoms with E-state index in [1.807, 2.05) is 0 Å². The van der Waals surface area contributed by atoms with E-state index < -0.39 is 36.4 Å². The minimum Gasteiger partial charge on any atom is -0.485 e. The maximum atomic E-state index is 13.2. The van der Waals surface area contributed by atoms with Gasteiger partial charge in [-0.05, 0) is 32.4 Å². The van der Waals surface area contributed by atoms with Gasteiger partial charge in [-0.15, -0.1) is 0 Å². The summed E-state index contributed by atoms with van der Waals surface area (Å²) >= 11 is 0. The molecule has 1 rings (SSSR count). The van der Waals surface area contributed by atoms with Crippen molar-refractivity contribution in [2.45, 2.75) is 38.7 Å². The highest BCUT2D eigenvalue weighted by molar-refractivity contribution is 5.91. The van der Waals surface area contributed by atoms with E-state index in [2.05, 4.69) is 10.6 Å². The van der Waals surface area contributed by atoms with Gasteiger partial charge in [0.05, 0.1) is 5.69 Å². The SMILES string of the molecule is CC(C)(CCC(=O)O)NC(=O)Nc1ccc(F)cc1OCC(F)F. The van der Waals surface area contributed by atoms with Crippen LogP contribution in [0.5, 0.6) is 5.75 Å². The predicted molar refractivity (Wildman–Crippen MR) is 81.0 cm³/mol. The monoisotopic (exact) mass is 348 g/mol. The topological polar surface area (TPSA) is 87.7 Å². The van der Waals surface area contributed by atoms with E-state index in [4.69, 9.17) is 9.84 Å². The molecule has 0 aromatic heterocycles. The van der Waals surface area contributed by atoms with E-state index in [1.165, 1.54) is 6.07 Å². The van der Waals surface area contributed by atoms with Crippen LogP contribution in [0, 0.1) is 5.82 Å². The van der Waals surface area contributed by atoms with Gasteiger partial charge in [0, 0.05) is 18.0 Å². The Labute approximate surface area is 137 Å². The smallest absolute Gasteiger partial charge is 0.319 e. The Morgan fingerprint density at radius 3 is 2.58 bits per heavy atom. The molecule has 0 atom stereocenters. The number of carboxylic acids is 1. The first-order valence-electron chi connectivity index (χ1n) is 7.10. The molecular weight excluding hydrogens is 329 g/mol. The zero-order chi connectivity index (χ0) is 18.3. The maximum absolute atomic E-state index is 13.2. The number of urea groups is 1. The third kappa shape index (κ3) is 7.21. The standard InChI is InChI=1S/C15H19F3N2O4/c1-15(2,6-5-13(21)22)20-14(23)19-10-4-3-9(16)7-11(10)24-8-12(17)18/h3-4,7,12H,5-6,8H2,1-2H3,(H,21,22)(H2,19,20,23). The molecule has 0 saturated heterocycles. The molecule has 0 saturated carbocycles. The first kappa shape index (κ1) is 19.6. The number of rotatable bonds is 8. The highest BCUT2D eigenvalue weighted by Gasteiger charge is 2.22. The van der Waals surface area contributed by atoms with E-state index in [9.17, 15) is 22.8 Å². The van der Waals surface area contributed by atoms with E-state index in [1.54, 1.807) is 13.8 Å². The number of ether oxygens (including phenoxy) is 1. The third-order valence-corrected chi connectivity index (χ3v) is 2.97. The predicted octanol–water partition coefficient (Wildman–Crippen LogP) is 3.23. The molecule has 0 fully saturated rings. The van der Waals surface area contributed by atoms with Crippen LogP contribution in [0.15, 0.2) is 18.2 Å². The molecule has 1 aromatic rings. The minimum absolute atomic E-state index is 0.0172. The van der Waals surface area contributed by atoms with Crippen LogP contribution in [0.25, 0.3) is 0 Å². The third-order valence-electron chi connectivity index (χ3n) is 2.97. The van der Waals surface area contributed by atoms with Crippen molar-refractivity contribution in [3.8, 4) is 5.75 Å². The largest absolute Gasteiger partial charge is 0.485 e. The van der Waals surface area contributed by atoms with Gasteiger partial charge in [0.2, 0.25) is 0 Å². The number of halogens is 3. The van der Waals surface area contributed by atoms with Crippen molar-refractivity contribution in [1.82, 2.24) is 5.32 Å². The van der Waals surface area contributed by atoms with Crippen molar-refractivity contribution in [3.05, 3.63) is 24.0 Å². The Bertz CT molecular complexity index is 594. The van der Waals surface area contributed by atoms with Crippen LogP contribution in [0.1, 0.15) is 26.7 Å². The fourth-order valence-corrected chi connectivity index (χ4v) is 1.81. The summed E-state index contributed by atoms with van der Waals surface area (Å²) < 4.78 is 42.4. The van der Waals surface area contributed by atoms with E-state index in [-0.39, 0.29) is 24.3 Å². The van der Waals surface area contributed by atoms with Gasteiger partial charge in [-0.3, -0.25) is 4.79 Å². The number of benzene rings is 1. The molecule has 0 heterocycles. The summed E-state index contributed by atoms with van der Waals surface area (Å²) in [6.45, 7) is 2.33. The van der Waals surface area contributed by atoms with Gasteiger partial charge in [0.25, 0.3) is 6.43 Å². The maximum Gasteiger partial charge on any atom is 0.319 e. The number of hydrogen-bond donors (Lipinski definition) is 3. The van der Waals surface area contributed by atoms with Crippen LogP contribution in [0.3, 0.4) is 0 Å². The average Bonchev–Trinajstić information content (AvgIpc) is 2.45. The van der Waals surface area contributed by atoms with Gasteiger partial charge in [-0.1, -0.05) is 0 Å². The molecule has 6 nitrogen and oxygen atoms in total. The van der Waals surface area contributed by atoms with Crippen molar-refractivity contribution in [2.75, 3.05) is 11.9 Å². The van der Waals surface area contributed by atoms with Gasteiger partial charge in [-0.25, -0.2) is 18.0 Å². The molecule has 0 aliphatic heterocycles. The average molecular weight is 348 g/mol. The van der Waals surface area contributed by atoms with Crippen LogP contribution in [0.4, 0.5) is 23.7 Å². The number of carbonyl (C=O) groups excluding carboxylic acids is 1. The Morgan fingerprint density at radius 2 is 2.00 bits per heavy atom. The molecule has 0 spiro atoms. The number of carbonyl (C=O) groups is 2. The molecular formula is C15H19F3N2O4. The van der Waals surface area contributed by atoms with Crippen LogP contribution >= 0.6 is 0 Å². The summed E-state index contributed by atoms with van der Waals surface area (Å²) in [5.74, 6) is -1.92. The van der Waals surface area contributed by atoms with E-state index in [0.29, 0.717) is 0 Å². The van der Waals surface area contributed by atoms with Crippen molar-refractivity contribution >= 4 is 17.7 Å². The fraction of sp³-hybridized carbons (Fsp3) is 0.467. The summed E-state index contributed by atoms with van der Waals surface area (Å²) in [5.41, 5.74) is -0.796. The molecule has 0 radical (unpaired) electrons. The van der Waals surface area contributed by atoms with Gasteiger partial charge < -0.3 is 20.5 Å². The number of nitrogens with one attached hydrogen (secondary N) is 2. The molecule has 0 aliphatic rings. The molecule has 0 bridgehead atoms. The van der Waals surface area contributed by atoms with Crippen molar-refractivity contribution in [3.63, 3.8) is 0 Å². The molecule has 2 amide bonds. The Morgan fingerprint density at radius 1 is 1.33 bits per heavy atom. The molecule has 9 heteroatoms. The number of hydrogen-bond acceptors (Lipinski definition) is 3. The molecule has 134 valence electrons. The first-order chi connectivity index (χ1) is 11.1. The highest BCUT2D eigenvalue weighted by Crippen LogP contribution is 2.26. The van der Waals surface area contributed by atoms with Crippen LogP contribution in [-0.4, -0.2) is 35.7 Å². The zero-order valence-corrected chi connectivity index (χ0v) is 13.2. The van der Waals surface area contributed by atoms with Gasteiger partial charge in [-0.2, -0.15) is 0 Å².